The molecule has 3 rings (SSSR count). The van der Waals surface area contributed by atoms with Crippen LogP contribution in [0.15, 0.2) is 78.9 Å². The minimum Gasteiger partial charge on any atom is -0.489 e. The molecule has 0 aromatic heterocycles. The van der Waals surface area contributed by atoms with Gasteiger partial charge in [0.2, 0.25) is 0 Å². The molecule has 10 heteroatoms. The molecular formula is C25H26N2O7S. The van der Waals surface area contributed by atoms with Gasteiger partial charge >= 0.3 is 11.9 Å². The molecule has 0 aliphatic rings. The van der Waals surface area contributed by atoms with Gasteiger partial charge in [-0.05, 0) is 53.9 Å². The van der Waals surface area contributed by atoms with Crippen molar-refractivity contribution in [2.45, 2.75) is 19.1 Å². The topological polar surface area (TPSA) is 120 Å². The summed E-state index contributed by atoms with van der Waals surface area (Å²) >= 11 is 0. The van der Waals surface area contributed by atoms with Crippen molar-refractivity contribution in [2.75, 3.05) is 18.9 Å². The highest BCUT2D eigenvalue weighted by Crippen LogP contribution is 2.17. The van der Waals surface area contributed by atoms with Crippen LogP contribution in [0.5, 0.6) is 5.75 Å². The van der Waals surface area contributed by atoms with Crippen molar-refractivity contribution in [3.8, 4) is 5.75 Å². The van der Waals surface area contributed by atoms with Gasteiger partial charge in [-0.25, -0.2) is 4.79 Å². The molecule has 3 aromatic rings. The summed E-state index contributed by atoms with van der Waals surface area (Å²) in [6.07, 6.45) is 0.0633. The maximum atomic E-state index is 12.6. The van der Waals surface area contributed by atoms with Crippen LogP contribution < -0.4 is 14.2 Å². The van der Waals surface area contributed by atoms with Crippen LogP contribution >= 0.6 is 0 Å². The molecule has 0 radical (unpaired) electrons. The Kier molecular flexibility index (Phi) is 8.82. The Morgan fingerprint density at radius 2 is 1.49 bits per heavy atom. The number of rotatable bonds is 11. The molecular weight excluding hydrogens is 472 g/mol. The minimum atomic E-state index is -4.14. The Balaban J connectivity index is 1.63. The summed E-state index contributed by atoms with van der Waals surface area (Å²) in [6.45, 7) is 0.414. The Hall–Kier alpha value is -3.89. The predicted octanol–water partition coefficient (Wildman–Crippen LogP) is 3.08. The first kappa shape index (κ1) is 25.7. The number of carbonyl (C=O) groups is 2. The van der Waals surface area contributed by atoms with Crippen LogP contribution in [0, 0.1) is 0 Å². The molecule has 1 atom stereocenters. The number of hydrogen-bond donors (Lipinski definition) is 2. The summed E-state index contributed by atoms with van der Waals surface area (Å²) in [6, 6.07) is 21.2. The van der Waals surface area contributed by atoms with Gasteiger partial charge in [0.05, 0.1) is 19.8 Å². The fraction of sp³-hybridized carbons (Fsp3) is 0.200. The van der Waals surface area contributed by atoms with Crippen LogP contribution in [0.25, 0.3) is 0 Å². The molecule has 0 aliphatic heterocycles. The first-order chi connectivity index (χ1) is 16.8. The van der Waals surface area contributed by atoms with E-state index in [2.05, 4.69) is 14.2 Å². The number of methoxy groups -OCH3 is 2. The smallest absolute Gasteiger partial charge is 0.337 e. The van der Waals surface area contributed by atoms with Gasteiger partial charge in [-0.3, -0.25) is 9.52 Å². The molecule has 0 fully saturated rings. The largest absolute Gasteiger partial charge is 0.489 e. The van der Waals surface area contributed by atoms with E-state index in [-0.39, 0.29) is 17.7 Å². The zero-order valence-electron chi connectivity index (χ0n) is 19.3. The lowest BCUT2D eigenvalue weighted by Crippen LogP contribution is -2.45. The van der Waals surface area contributed by atoms with Crippen molar-refractivity contribution in [1.29, 1.82) is 0 Å². The maximum Gasteiger partial charge on any atom is 0.337 e. The second kappa shape index (κ2) is 12.0. The molecule has 0 saturated heterocycles. The Bertz CT molecular complexity index is 1230. The highest BCUT2D eigenvalue weighted by atomic mass is 32.2. The van der Waals surface area contributed by atoms with E-state index in [1.54, 1.807) is 24.3 Å². The predicted molar refractivity (Wildman–Crippen MR) is 130 cm³/mol. The zero-order chi connectivity index (χ0) is 25.3. The molecule has 9 nitrogen and oxygen atoms in total. The lowest BCUT2D eigenvalue weighted by atomic mass is 10.1. The molecule has 0 unspecified atom stereocenters. The van der Waals surface area contributed by atoms with Crippen LogP contribution in [-0.2, 0) is 37.5 Å². The molecule has 35 heavy (non-hydrogen) atoms. The second-order valence-electron chi connectivity index (χ2n) is 7.49. The number of anilines is 1. The molecule has 3 aromatic carbocycles. The minimum absolute atomic E-state index is 0.0633. The monoisotopic (exact) mass is 498 g/mol. The highest BCUT2D eigenvalue weighted by molar-refractivity contribution is 7.90. The Labute approximate surface area is 204 Å². The number of esters is 2. The Morgan fingerprint density at radius 1 is 0.829 bits per heavy atom. The molecule has 0 bridgehead atoms. The standard InChI is InChI=1S/C25H26N2O7S/c1-32-24(28)20-10-12-21(13-11-20)26-35(30,31)27-23(25(29)33-2)16-18-8-14-22(15-9-18)34-17-19-6-4-3-5-7-19/h3-15,23,26-27H,16-17H2,1-2H3/t23-/m0/s1. The number of carbonyl (C=O) groups excluding carboxylic acids is 2. The van der Waals surface area contributed by atoms with Gasteiger partial charge in [0.15, 0.2) is 0 Å². The maximum absolute atomic E-state index is 12.6. The summed E-state index contributed by atoms with van der Waals surface area (Å²) in [7, 11) is -1.70. The molecule has 0 aliphatic carbocycles. The van der Waals surface area contributed by atoms with Crippen molar-refractivity contribution < 1.29 is 32.2 Å². The molecule has 0 heterocycles. The van der Waals surface area contributed by atoms with E-state index in [1.807, 2.05) is 30.3 Å². The van der Waals surface area contributed by atoms with Gasteiger partial charge in [0.1, 0.15) is 18.4 Å². The van der Waals surface area contributed by atoms with Gasteiger partial charge < -0.3 is 14.2 Å². The van der Waals surface area contributed by atoms with Gasteiger partial charge in [-0.15, -0.1) is 0 Å². The Morgan fingerprint density at radius 3 is 2.09 bits per heavy atom. The quantitative estimate of drug-likeness (QED) is 0.390. The van der Waals surface area contributed by atoms with Crippen molar-refractivity contribution in [1.82, 2.24) is 4.72 Å². The van der Waals surface area contributed by atoms with Gasteiger partial charge in [0, 0.05) is 5.69 Å². The van der Waals surface area contributed by atoms with E-state index in [9.17, 15) is 18.0 Å². The SMILES string of the molecule is COC(=O)c1ccc(NS(=O)(=O)N[C@@H](Cc2ccc(OCc3ccccc3)cc2)C(=O)OC)cc1. The van der Waals surface area contributed by atoms with Gasteiger partial charge in [0.25, 0.3) is 10.2 Å². The average Bonchev–Trinajstić information content (AvgIpc) is 2.87. The van der Waals surface area contributed by atoms with Crippen LogP contribution in [0.2, 0.25) is 0 Å². The molecule has 184 valence electrons. The lowest BCUT2D eigenvalue weighted by molar-refractivity contribution is -0.142. The van der Waals surface area contributed by atoms with Crippen molar-refractivity contribution in [2.24, 2.45) is 0 Å². The number of ether oxygens (including phenoxy) is 3. The van der Waals surface area contributed by atoms with Crippen molar-refractivity contribution in [3.05, 3.63) is 95.6 Å². The highest BCUT2D eigenvalue weighted by Gasteiger charge is 2.26. The number of hydrogen-bond acceptors (Lipinski definition) is 7. The first-order valence-electron chi connectivity index (χ1n) is 10.6. The normalized spacial score (nSPS) is 11.8. The summed E-state index contributed by atoms with van der Waals surface area (Å²) in [5.74, 6) is -0.634. The molecule has 2 N–H and O–H groups in total. The van der Waals surface area contributed by atoms with E-state index in [0.29, 0.717) is 17.9 Å². The fourth-order valence-corrected chi connectivity index (χ4v) is 4.24. The summed E-state index contributed by atoms with van der Waals surface area (Å²) in [5.41, 5.74) is 2.21. The van der Waals surface area contributed by atoms with Crippen molar-refractivity contribution >= 4 is 27.8 Å². The van der Waals surface area contributed by atoms with E-state index >= 15 is 0 Å². The van der Waals surface area contributed by atoms with Gasteiger partial charge in [-0.1, -0.05) is 42.5 Å². The molecule has 0 spiro atoms. The zero-order valence-corrected chi connectivity index (χ0v) is 20.1. The third-order valence-electron chi connectivity index (χ3n) is 4.95. The third kappa shape index (κ3) is 7.83. The second-order valence-corrected chi connectivity index (χ2v) is 8.94. The molecule has 0 amide bonds. The van der Waals surface area contributed by atoms with Crippen molar-refractivity contribution in [3.63, 3.8) is 0 Å². The summed E-state index contributed by atoms with van der Waals surface area (Å²) in [4.78, 5) is 23.8. The third-order valence-corrected chi connectivity index (χ3v) is 6.05. The van der Waals surface area contributed by atoms with Crippen LogP contribution in [0.4, 0.5) is 5.69 Å². The fourth-order valence-electron chi connectivity index (χ4n) is 3.18. The summed E-state index contributed by atoms with van der Waals surface area (Å²) < 4.78 is 45.0. The molecule has 0 saturated carbocycles. The average molecular weight is 499 g/mol. The number of benzene rings is 3. The van der Waals surface area contributed by atoms with E-state index < -0.39 is 28.2 Å². The van der Waals surface area contributed by atoms with Crippen LogP contribution in [0.1, 0.15) is 21.5 Å². The van der Waals surface area contributed by atoms with Gasteiger partial charge in [-0.2, -0.15) is 13.1 Å². The van der Waals surface area contributed by atoms with Crippen LogP contribution in [-0.4, -0.2) is 40.6 Å². The lowest BCUT2D eigenvalue weighted by Gasteiger charge is -2.18. The number of nitrogens with one attached hydrogen (secondary N) is 2. The first-order valence-corrected chi connectivity index (χ1v) is 12.1. The van der Waals surface area contributed by atoms with E-state index in [0.717, 1.165) is 5.56 Å². The van der Waals surface area contributed by atoms with E-state index in [4.69, 9.17) is 9.47 Å². The van der Waals surface area contributed by atoms with E-state index in [1.165, 1.54) is 38.5 Å². The van der Waals surface area contributed by atoms with Crippen LogP contribution in [0.3, 0.4) is 0 Å². The summed E-state index contributed by atoms with van der Waals surface area (Å²) in [5, 5.41) is 0.